The first kappa shape index (κ1) is 26.7. The molecule has 2 amide bonds. The summed E-state index contributed by atoms with van der Waals surface area (Å²) in [5.74, 6) is -0.636. The van der Waals surface area contributed by atoms with E-state index < -0.39 is 22.0 Å². The number of carbonyl (C=O) groups excluding carboxylic acids is 2. The van der Waals surface area contributed by atoms with E-state index in [2.05, 4.69) is 5.32 Å². The van der Waals surface area contributed by atoms with Gasteiger partial charge < -0.3 is 10.2 Å². The predicted octanol–water partition coefficient (Wildman–Crippen LogP) is 3.94. The zero-order chi connectivity index (χ0) is 25.6. The molecule has 7 nitrogen and oxygen atoms in total. The van der Waals surface area contributed by atoms with Crippen molar-refractivity contribution >= 4 is 27.5 Å². The highest BCUT2D eigenvalue weighted by Crippen LogP contribution is 2.21. The Morgan fingerprint density at radius 1 is 1.00 bits per heavy atom. The van der Waals surface area contributed by atoms with Crippen molar-refractivity contribution in [1.29, 1.82) is 0 Å². The van der Waals surface area contributed by atoms with Crippen molar-refractivity contribution in [2.75, 3.05) is 17.1 Å². The standard InChI is InChI=1S/C27H37N3O4S/c1-20-13-15-23(16-14-20)18-29(22(3)27(32)28-24-10-6-5-7-11-24)26(31)19-30(35(4,33)34)25-12-8-9-21(2)17-25/h8-9,12-17,22,24H,5-7,10-11,18-19H2,1-4H3,(H,28,32). The van der Waals surface area contributed by atoms with Gasteiger partial charge in [-0.3, -0.25) is 13.9 Å². The monoisotopic (exact) mass is 499 g/mol. The van der Waals surface area contributed by atoms with Crippen LogP contribution < -0.4 is 9.62 Å². The van der Waals surface area contributed by atoms with Crippen LogP contribution in [-0.2, 0) is 26.2 Å². The first-order chi connectivity index (χ1) is 16.5. The number of rotatable bonds is 9. The molecular formula is C27H37N3O4S. The number of amides is 2. The predicted molar refractivity (Wildman–Crippen MR) is 140 cm³/mol. The molecular weight excluding hydrogens is 462 g/mol. The van der Waals surface area contributed by atoms with Crippen LogP contribution in [0.25, 0.3) is 0 Å². The lowest BCUT2D eigenvalue weighted by Crippen LogP contribution is -2.52. The summed E-state index contributed by atoms with van der Waals surface area (Å²) in [5, 5.41) is 3.11. The van der Waals surface area contributed by atoms with Crippen molar-refractivity contribution in [3.05, 3.63) is 65.2 Å². The molecule has 0 heterocycles. The lowest BCUT2D eigenvalue weighted by Gasteiger charge is -2.33. The van der Waals surface area contributed by atoms with Crippen molar-refractivity contribution in [1.82, 2.24) is 10.2 Å². The summed E-state index contributed by atoms with van der Waals surface area (Å²) in [4.78, 5) is 28.3. The van der Waals surface area contributed by atoms with E-state index in [4.69, 9.17) is 0 Å². The molecule has 35 heavy (non-hydrogen) atoms. The minimum Gasteiger partial charge on any atom is -0.352 e. The van der Waals surface area contributed by atoms with Crippen molar-refractivity contribution in [2.24, 2.45) is 0 Å². The Labute approximate surface area is 209 Å². The molecule has 0 aliphatic heterocycles. The second-order valence-corrected chi connectivity index (χ2v) is 11.5. The van der Waals surface area contributed by atoms with Crippen molar-refractivity contribution in [2.45, 2.75) is 71.5 Å². The molecule has 1 saturated carbocycles. The van der Waals surface area contributed by atoms with Gasteiger partial charge in [-0.25, -0.2) is 8.42 Å². The van der Waals surface area contributed by atoms with E-state index in [9.17, 15) is 18.0 Å². The van der Waals surface area contributed by atoms with Gasteiger partial charge in [0.15, 0.2) is 0 Å². The molecule has 1 aliphatic rings. The molecule has 2 aromatic rings. The highest BCUT2D eigenvalue weighted by Gasteiger charge is 2.31. The molecule has 0 aromatic heterocycles. The minimum absolute atomic E-state index is 0.120. The second kappa shape index (κ2) is 11.7. The molecule has 0 bridgehead atoms. The maximum absolute atomic E-state index is 13.6. The number of benzene rings is 2. The molecule has 1 aliphatic carbocycles. The molecule has 1 fully saturated rings. The van der Waals surface area contributed by atoms with Gasteiger partial charge in [0.1, 0.15) is 12.6 Å². The number of hydrogen-bond donors (Lipinski definition) is 1. The van der Waals surface area contributed by atoms with Crippen LogP contribution in [-0.4, -0.2) is 50.0 Å². The van der Waals surface area contributed by atoms with Crippen LogP contribution in [0.4, 0.5) is 5.69 Å². The molecule has 3 rings (SSSR count). The molecule has 1 N–H and O–H groups in total. The molecule has 0 radical (unpaired) electrons. The summed E-state index contributed by atoms with van der Waals surface area (Å²) in [6.45, 7) is 5.40. The number of hydrogen-bond acceptors (Lipinski definition) is 4. The summed E-state index contributed by atoms with van der Waals surface area (Å²) >= 11 is 0. The maximum Gasteiger partial charge on any atom is 0.244 e. The van der Waals surface area contributed by atoms with Gasteiger partial charge in [0.05, 0.1) is 11.9 Å². The third kappa shape index (κ3) is 7.56. The van der Waals surface area contributed by atoms with E-state index in [-0.39, 0.29) is 25.0 Å². The molecule has 0 saturated heterocycles. The Bertz CT molecular complexity index is 1130. The van der Waals surface area contributed by atoms with Crippen LogP contribution in [0.1, 0.15) is 55.7 Å². The Balaban J connectivity index is 1.86. The zero-order valence-corrected chi connectivity index (χ0v) is 22.0. The average Bonchev–Trinajstić information content (AvgIpc) is 2.81. The summed E-state index contributed by atoms with van der Waals surface area (Å²) in [6, 6.07) is 14.2. The van der Waals surface area contributed by atoms with Crippen molar-refractivity contribution < 1.29 is 18.0 Å². The maximum atomic E-state index is 13.6. The van der Waals surface area contributed by atoms with E-state index in [0.717, 1.165) is 52.9 Å². The number of carbonyl (C=O) groups is 2. The van der Waals surface area contributed by atoms with Gasteiger partial charge in [-0.2, -0.15) is 0 Å². The SMILES string of the molecule is Cc1ccc(CN(C(=O)CN(c2cccc(C)c2)S(C)(=O)=O)C(C)C(=O)NC2CCCCC2)cc1. The fraction of sp³-hybridized carbons (Fsp3) is 0.481. The number of nitrogens with one attached hydrogen (secondary N) is 1. The van der Waals surface area contributed by atoms with Gasteiger partial charge >= 0.3 is 0 Å². The van der Waals surface area contributed by atoms with Crippen LogP contribution in [0.2, 0.25) is 0 Å². The quantitative estimate of drug-likeness (QED) is 0.566. The van der Waals surface area contributed by atoms with E-state index in [0.29, 0.717) is 5.69 Å². The summed E-state index contributed by atoms with van der Waals surface area (Å²) < 4.78 is 26.4. The van der Waals surface area contributed by atoms with Crippen molar-refractivity contribution in [3.63, 3.8) is 0 Å². The number of sulfonamides is 1. The largest absolute Gasteiger partial charge is 0.352 e. The molecule has 1 atom stereocenters. The van der Waals surface area contributed by atoms with E-state index >= 15 is 0 Å². The fourth-order valence-corrected chi connectivity index (χ4v) is 5.28. The van der Waals surface area contributed by atoms with Crippen LogP contribution >= 0.6 is 0 Å². The highest BCUT2D eigenvalue weighted by atomic mass is 32.2. The Morgan fingerprint density at radius 3 is 2.26 bits per heavy atom. The smallest absolute Gasteiger partial charge is 0.244 e. The molecule has 1 unspecified atom stereocenters. The van der Waals surface area contributed by atoms with Crippen molar-refractivity contribution in [3.8, 4) is 0 Å². The Kier molecular flexibility index (Phi) is 8.94. The van der Waals surface area contributed by atoms with E-state index in [1.54, 1.807) is 25.1 Å². The third-order valence-electron chi connectivity index (χ3n) is 6.56. The second-order valence-electron chi connectivity index (χ2n) is 9.64. The first-order valence-electron chi connectivity index (χ1n) is 12.2. The fourth-order valence-electron chi connectivity index (χ4n) is 4.44. The molecule has 2 aromatic carbocycles. The van der Waals surface area contributed by atoms with Gasteiger partial charge in [0.25, 0.3) is 0 Å². The minimum atomic E-state index is -3.73. The topological polar surface area (TPSA) is 86.8 Å². The lowest BCUT2D eigenvalue weighted by molar-refractivity contribution is -0.139. The van der Waals surface area contributed by atoms with Gasteiger partial charge in [-0.15, -0.1) is 0 Å². The summed E-state index contributed by atoms with van der Waals surface area (Å²) in [7, 11) is -3.73. The number of anilines is 1. The van der Waals surface area contributed by atoms with Gasteiger partial charge in [-0.1, -0.05) is 61.2 Å². The van der Waals surface area contributed by atoms with Gasteiger partial charge in [0, 0.05) is 12.6 Å². The summed E-state index contributed by atoms with van der Waals surface area (Å²) in [6.07, 6.45) is 6.34. The Hall–Kier alpha value is -2.87. The first-order valence-corrected chi connectivity index (χ1v) is 14.1. The molecule has 190 valence electrons. The number of nitrogens with zero attached hydrogens (tertiary/aromatic N) is 2. The normalized spacial score (nSPS) is 15.3. The lowest BCUT2D eigenvalue weighted by atomic mass is 9.95. The third-order valence-corrected chi connectivity index (χ3v) is 7.70. The molecule has 8 heteroatoms. The Morgan fingerprint density at radius 2 is 1.66 bits per heavy atom. The van der Waals surface area contributed by atoms with E-state index in [1.165, 1.54) is 11.3 Å². The average molecular weight is 500 g/mol. The van der Waals surface area contributed by atoms with Crippen LogP contribution in [0.5, 0.6) is 0 Å². The van der Waals surface area contributed by atoms with Gasteiger partial charge in [0.2, 0.25) is 21.8 Å². The molecule has 0 spiro atoms. The van der Waals surface area contributed by atoms with Crippen LogP contribution in [0, 0.1) is 13.8 Å². The van der Waals surface area contributed by atoms with Crippen LogP contribution in [0.15, 0.2) is 48.5 Å². The van der Waals surface area contributed by atoms with E-state index in [1.807, 2.05) is 44.2 Å². The van der Waals surface area contributed by atoms with Gasteiger partial charge in [-0.05, 0) is 56.9 Å². The van der Waals surface area contributed by atoms with Crippen LogP contribution in [0.3, 0.4) is 0 Å². The highest BCUT2D eigenvalue weighted by molar-refractivity contribution is 7.92. The summed E-state index contributed by atoms with van der Waals surface area (Å²) in [5.41, 5.74) is 3.29. The number of aryl methyl sites for hydroxylation is 2. The zero-order valence-electron chi connectivity index (χ0n) is 21.2.